The third kappa shape index (κ3) is 5.16. The first-order valence-electron chi connectivity index (χ1n) is 1.46. The Labute approximate surface area is 46.1 Å². The zero-order valence-electron chi connectivity index (χ0n) is 3.46. The van der Waals surface area contributed by atoms with Crippen molar-refractivity contribution in [2.45, 2.75) is 0 Å². The summed E-state index contributed by atoms with van der Waals surface area (Å²) in [5.74, 6) is -0.284. The van der Waals surface area contributed by atoms with Crippen LogP contribution in [0.5, 0.6) is 0 Å². The van der Waals surface area contributed by atoms with Crippen molar-refractivity contribution in [1.82, 2.24) is 0 Å². The molecule has 0 saturated heterocycles. The van der Waals surface area contributed by atoms with Gasteiger partial charge in [0.15, 0.2) is 0 Å². The topological polar surface area (TPSA) is 74.6 Å². The standard InChI is InChI=1S/C2H4N4S/c3-2(4)5-1-6-7/h1H,(H3,3,4). The molecule has 0 unspecified atom stereocenters. The Morgan fingerprint density at radius 3 is 2.57 bits per heavy atom. The zero-order valence-corrected chi connectivity index (χ0v) is 4.27. The fraction of sp³-hybridized carbons (Fsp3) is 0. The highest BCUT2D eigenvalue weighted by molar-refractivity contribution is 7.47. The lowest BCUT2D eigenvalue weighted by atomic mass is 11.0. The number of guanidine groups is 1. The number of hydrogen-bond donors (Lipinski definition) is 2. The Balaban J connectivity index is 3.46. The summed E-state index contributed by atoms with van der Waals surface area (Å²) in [6, 6.07) is 0. The summed E-state index contributed by atoms with van der Waals surface area (Å²) in [4.78, 5) is 3.21. The van der Waals surface area contributed by atoms with Crippen LogP contribution in [0.1, 0.15) is 0 Å². The fourth-order valence-corrected chi connectivity index (χ4v) is 0.133. The number of nitrogens with two attached hydrogens (primary N) is 1. The second kappa shape index (κ2) is 3.35. The number of aliphatic imine (C=N–C) groups is 1. The van der Waals surface area contributed by atoms with Crippen molar-refractivity contribution >= 4 is 24.7 Å². The minimum absolute atomic E-state index is 0.284. The number of rotatable bonds is 1. The van der Waals surface area contributed by atoms with E-state index < -0.39 is 0 Å². The van der Waals surface area contributed by atoms with E-state index in [-0.39, 0.29) is 5.96 Å². The monoisotopic (exact) mass is 116 g/mol. The third-order valence-electron chi connectivity index (χ3n) is 0.244. The van der Waals surface area contributed by atoms with Crippen molar-refractivity contribution in [2.75, 3.05) is 0 Å². The molecule has 0 bridgehead atoms. The summed E-state index contributed by atoms with van der Waals surface area (Å²) >= 11 is 4.09. The number of nitrogens with zero attached hydrogens (tertiary/aromatic N) is 2. The maximum absolute atomic E-state index is 6.47. The van der Waals surface area contributed by atoms with Crippen LogP contribution in [-0.4, -0.2) is 12.3 Å². The molecule has 0 aromatic rings. The smallest absolute Gasteiger partial charge is 0.213 e. The van der Waals surface area contributed by atoms with Crippen molar-refractivity contribution in [2.24, 2.45) is 15.1 Å². The molecule has 0 aromatic heterocycles. The number of nitrogens with one attached hydrogen (secondary N) is 1. The summed E-state index contributed by atoms with van der Waals surface area (Å²) < 4.78 is 3.05. The highest BCUT2D eigenvalue weighted by Gasteiger charge is 1.70. The predicted octanol–water partition coefficient (Wildman–Crippen LogP) is -0.361. The van der Waals surface area contributed by atoms with Crippen LogP contribution >= 0.6 is 0 Å². The molecule has 0 heterocycles. The highest BCUT2D eigenvalue weighted by Crippen LogP contribution is 1.59. The highest BCUT2D eigenvalue weighted by atomic mass is 32.1. The Morgan fingerprint density at radius 1 is 1.86 bits per heavy atom. The average Bonchev–Trinajstić information content (AvgIpc) is 1.61. The molecule has 0 aliphatic carbocycles. The van der Waals surface area contributed by atoms with Gasteiger partial charge in [0.05, 0.1) is 0 Å². The summed E-state index contributed by atoms with van der Waals surface area (Å²) in [6.07, 6.45) is 1.04. The molecule has 0 rings (SSSR count). The molecule has 0 aliphatic rings. The molecule has 0 aromatic carbocycles. The Bertz CT molecular complexity index is 106. The minimum Gasteiger partial charge on any atom is -0.368 e. The molecule has 7 heavy (non-hydrogen) atoms. The molecule has 5 heteroatoms. The van der Waals surface area contributed by atoms with Gasteiger partial charge in [-0.15, -0.1) is 0 Å². The maximum Gasteiger partial charge on any atom is 0.213 e. The van der Waals surface area contributed by atoms with Gasteiger partial charge < -0.3 is 5.73 Å². The summed E-state index contributed by atoms with van der Waals surface area (Å²) in [6.45, 7) is 0. The van der Waals surface area contributed by atoms with Gasteiger partial charge in [-0.3, -0.25) is 5.41 Å². The van der Waals surface area contributed by atoms with Crippen LogP contribution in [0.2, 0.25) is 0 Å². The molecule has 38 valence electrons. The Hall–Kier alpha value is -0.840. The van der Waals surface area contributed by atoms with E-state index in [1.165, 1.54) is 0 Å². The Morgan fingerprint density at radius 2 is 2.43 bits per heavy atom. The lowest BCUT2D eigenvalue weighted by Crippen LogP contribution is -2.04. The third-order valence-corrected chi connectivity index (χ3v) is 0.338. The molecule has 0 amide bonds. The van der Waals surface area contributed by atoms with E-state index in [1.807, 2.05) is 0 Å². The van der Waals surface area contributed by atoms with Gasteiger partial charge >= 0.3 is 0 Å². The molecule has 0 radical (unpaired) electrons. The molecule has 0 aliphatic heterocycles. The van der Waals surface area contributed by atoms with Crippen molar-refractivity contribution in [1.29, 1.82) is 5.41 Å². The van der Waals surface area contributed by atoms with Crippen molar-refractivity contribution in [3.63, 3.8) is 0 Å². The van der Waals surface area contributed by atoms with E-state index in [0.717, 1.165) is 6.34 Å². The second-order valence-electron chi connectivity index (χ2n) is 0.735. The second-order valence-corrected chi connectivity index (χ2v) is 0.946. The first-order chi connectivity index (χ1) is 3.27. The first kappa shape index (κ1) is 6.16. The van der Waals surface area contributed by atoms with E-state index >= 15 is 0 Å². The summed E-state index contributed by atoms with van der Waals surface area (Å²) in [7, 11) is 0. The molecule has 4 nitrogen and oxygen atoms in total. The molecule has 3 N–H and O–H groups in total. The van der Waals surface area contributed by atoms with E-state index in [4.69, 9.17) is 11.1 Å². The van der Waals surface area contributed by atoms with Gasteiger partial charge in [0.1, 0.15) is 6.34 Å². The molecule has 0 spiro atoms. The molecular weight excluding hydrogens is 112 g/mol. The first-order valence-corrected chi connectivity index (χ1v) is 1.83. The van der Waals surface area contributed by atoms with Gasteiger partial charge in [0.25, 0.3) is 0 Å². The molecule has 0 fully saturated rings. The fourth-order valence-electron chi connectivity index (χ4n) is 0.0858. The average molecular weight is 116 g/mol. The lowest BCUT2D eigenvalue weighted by Gasteiger charge is -1.75. The van der Waals surface area contributed by atoms with Crippen LogP contribution in [0.3, 0.4) is 0 Å². The zero-order chi connectivity index (χ0) is 5.70. The van der Waals surface area contributed by atoms with E-state index in [1.54, 1.807) is 0 Å². The normalized spacial score (nSPS) is 9.14. The van der Waals surface area contributed by atoms with E-state index in [9.17, 15) is 0 Å². The van der Waals surface area contributed by atoms with Gasteiger partial charge in [-0.2, -0.15) is 4.36 Å². The van der Waals surface area contributed by atoms with Gasteiger partial charge in [-0.05, 0) is 0 Å². The maximum atomic E-state index is 6.47. The van der Waals surface area contributed by atoms with Crippen molar-refractivity contribution in [3.8, 4) is 0 Å². The van der Waals surface area contributed by atoms with Crippen LogP contribution in [0.4, 0.5) is 0 Å². The molecular formula is C2H4N4S. The van der Waals surface area contributed by atoms with Gasteiger partial charge in [-0.1, -0.05) is 0 Å². The van der Waals surface area contributed by atoms with Crippen molar-refractivity contribution in [3.05, 3.63) is 0 Å². The van der Waals surface area contributed by atoms with Crippen LogP contribution in [0.25, 0.3) is 0 Å². The van der Waals surface area contributed by atoms with Gasteiger partial charge in [-0.25, -0.2) is 4.99 Å². The number of hydrogen-bond acceptors (Lipinski definition) is 2. The van der Waals surface area contributed by atoms with Gasteiger partial charge in [0, 0.05) is 12.4 Å². The predicted molar refractivity (Wildman–Crippen MR) is 30.2 cm³/mol. The van der Waals surface area contributed by atoms with Crippen LogP contribution in [0.15, 0.2) is 9.36 Å². The molecule has 0 atom stereocenters. The van der Waals surface area contributed by atoms with Crippen LogP contribution < -0.4 is 5.73 Å². The van der Waals surface area contributed by atoms with Gasteiger partial charge in [0.2, 0.25) is 5.96 Å². The summed E-state index contributed by atoms with van der Waals surface area (Å²) in [5.41, 5.74) is 4.76. The lowest BCUT2D eigenvalue weighted by molar-refractivity contribution is 1.38. The van der Waals surface area contributed by atoms with E-state index in [0.29, 0.717) is 0 Å². The SMILES string of the molecule is N=C(N)N=CN=S. The Kier molecular flexibility index (Phi) is 2.95. The van der Waals surface area contributed by atoms with Crippen LogP contribution in [0, 0.1) is 5.41 Å². The minimum atomic E-state index is -0.284. The summed E-state index contributed by atoms with van der Waals surface area (Å²) in [5, 5.41) is 6.47. The largest absolute Gasteiger partial charge is 0.368 e. The molecule has 0 saturated carbocycles. The van der Waals surface area contributed by atoms with Crippen LogP contribution in [-0.2, 0) is 12.4 Å². The van der Waals surface area contributed by atoms with E-state index in [2.05, 4.69) is 21.8 Å². The van der Waals surface area contributed by atoms with Crippen molar-refractivity contribution < 1.29 is 0 Å². The quantitative estimate of drug-likeness (QED) is 0.362.